The first-order valence-electron chi connectivity index (χ1n) is 6.57. The molecule has 0 aliphatic heterocycles. The van der Waals surface area contributed by atoms with Gasteiger partial charge in [-0.3, -0.25) is 0 Å². The van der Waals surface area contributed by atoms with Crippen LogP contribution in [0.4, 0.5) is 0 Å². The highest BCUT2D eigenvalue weighted by molar-refractivity contribution is 6.31. The van der Waals surface area contributed by atoms with E-state index in [1.165, 1.54) is 31.2 Å². The SMILES string of the molecule is Cc1cc([C@@]2(CN)CCCC[C@@H]2C)ccc1Cl. The Morgan fingerprint density at radius 1 is 1.41 bits per heavy atom. The molecule has 0 aromatic heterocycles. The summed E-state index contributed by atoms with van der Waals surface area (Å²) in [5, 5.41) is 0.851. The second-order valence-corrected chi connectivity index (χ2v) is 5.88. The third-order valence-electron chi connectivity index (χ3n) is 4.55. The molecule has 0 bridgehead atoms. The van der Waals surface area contributed by atoms with Crippen LogP contribution in [0.2, 0.25) is 5.02 Å². The maximum Gasteiger partial charge on any atom is 0.0435 e. The van der Waals surface area contributed by atoms with Gasteiger partial charge in [-0.2, -0.15) is 0 Å². The molecule has 2 atom stereocenters. The average molecular weight is 252 g/mol. The number of nitrogens with two attached hydrogens (primary N) is 1. The van der Waals surface area contributed by atoms with Gasteiger partial charge in [-0.15, -0.1) is 0 Å². The Labute approximate surface area is 109 Å². The molecule has 0 radical (unpaired) electrons. The Morgan fingerprint density at radius 2 is 2.18 bits per heavy atom. The summed E-state index contributed by atoms with van der Waals surface area (Å²) < 4.78 is 0. The summed E-state index contributed by atoms with van der Waals surface area (Å²) in [5.41, 5.74) is 8.84. The predicted octanol–water partition coefficient (Wildman–Crippen LogP) is 4.06. The molecule has 0 saturated heterocycles. The Morgan fingerprint density at radius 3 is 2.76 bits per heavy atom. The fourth-order valence-corrected chi connectivity index (χ4v) is 3.34. The highest BCUT2D eigenvalue weighted by atomic mass is 35.5. The lowest BCUT2D eigenvalue weighted by Gasteiger charge is -2.42. The van der Waals surface area contributed by atoms with Gasteiger partial charge in [0.05, 0.1) is 0 Å². The minimum Gasteiger partial charge on any atom is -0.330 e. The molecule has 1 aromatic rings. The lowest BCUT2D eigenvalue weighted by atomic mass is 9.63. The van der Waals surface area contributed by atoms with Crippen molar-refractivity contribution in [1.29, 1.82) is 0 Å². The Hall–Kier alpha value is -0.530. The summed E-state index contributed by atoms with van der Waals surface area (Å²) in [7, 11) is 0. The predicted molar refractivity (Wildman–Crippen MR) is 74.6 cm³/mol. The van der Waals surface area contributed by atoms with Crippen molar-refractivity contribution in [2.24, 2.45) is 11.7 Å². The quantitative estimate of drug-likeness (QED) is 0.843. The first-order valence-corrected chi connectivity index (χ1v) is 6.94. The lowest BCUT2D eigenvalue weighted by Crippen LogP contribution is -2.43. The molecule has 1 aliphatic rings. The standard InChI is InChI=1S/C15H22ClN/c1-11-9-13(6-7-14(11)16)15(10-17)8-4-3-5-12(15)2/h6-7,9,12H,3-5,8,10,17H2,1-2H3/t12-,15+/m0/s1. The summed E-state index contributed by atoms with van der Waals surface area (Å²) >= 11 is 6.11. The van der Waals surface area contributed by atoms with Crippen LogP contribution in [-0.2, 0) is 5.41 Å². The monoisotopic (exact) mass is 251 g/mol. The molecule has 94 valence electrons. The van der Waals surface area contributed by atoms with Crippen molar-refractivity contribution in [3.63, 3.8) is 0 Å². The minimum atomic E-state index is 0.174. The topological polar surface area (TPSA) is 26.0 Å². The van der Waals surface area contributed by atoms with Gasteiger partial charge in [-0.25, -0.2) is 0 Å². The molecular weight excluding hydrogens is 230 g/mol. The zero-order chi connectivity index (χ0) is 12.5. The van der Waals surface area contributed by atoms with Gasteiger partial charge in [0.2, 0.25) is 0 Å². The molecule has 0 heterocycles. The maximum atomic E-state index is 6.12. The molecule has 1 aromatic carbocycles. The van der Waals surface area contributed by atoms with Crippen LogP contribution in [0.5, 0.6) is 0 Å². The molecule has 17 heavy (non-hydrogen) atoms. The highest BCUT2D eigenvalue weighted by Crippen LogP contribution is 2.43. The van der Waals surface area contributed by atoms with Crippen LogP contribution in [-0.4, -0.2) is 6.54 Å². The fourth-order valence-electron chi connectivity index (χ4n) is 3.22. The van der Waals surface area contributed by atoms with Crippen LogP contribution in [0.25, 0.3) is 0 Å². The third kappa shape index (κ3) is 2.23. The maximum absolute atomic E-state index is 6.12. The number of hydrogen-bond acceptors (Lipinski definition) is 1. The molecule has 1 saturated carbocycles. The van der Waals surface area contributed by atoms with Gasteiger partial charge in [0.1, 0.15) is 0 Å². The second kappa shape index (κ2) is 4.99. The summed E-state index contributed by atoms with van der Waals surface area (Å²) in [5.74, 6) is 0.668. The van der Waals surface area contributed by atoms with E-state index in [9.17, 15) is 0 Å². The van der Waals surface area contributed by atoms with E-state index < -0.39 is 0 Å². The molecule has 0 unspecified atom stereocenters. The summed E-state index contributed by atoms with van der Waals surface area (Å²) in [6.45, 7) is 5.16. The van der Waals surface area contributed by atoms with E-state index in [0.717, 1.165) is 17.1 Å². The van der Waals surface area contributed by atoms with E-state index in [0.29, 0.717) is 5.92 Å². The average Bonchev–Trinajstić information content (AvgIpc) is 2.34. The molecule has 2 heteroatoms. The number of hydrogen-bond donors (Lipinski definition) is 1. The summed E-state index contributed by atoms with van der Waals surface area (Å²) in [6, 6.07) is 6.42. The van der Waals surface area contributed by atoms with Crippen molar-refractivity contribution in [2.75, 3.05) is 6.54 Å². The van der Waals surface area contributed by atoms with E-state index >= 15 is 0 Å². The summed E-state index contributed by atoms with van der Waals surface area (Å²) in [4.78, 5) is 0. The number of aryl methyl sites for hydroxylation is 1. The van der Waals surface area contributed by atoms with Gasteiger partial charge >= 0.3 is 0 Å². The normalized spacial score (nSPS) is 29.3. The molecule has 2 rings (SSSR count). The number of benzene rings is 1. The van der Waals surface area contributed by atoms with E-state index in [-0.39, 0.29) is 5.41 Å². The van der Waals surface area contributed by atoms with Crippen LogP contribution in [0.3, 0.4) is 0 Å². The smallest absolute Gasteiger partial charge is 0.0435 e. The first kappa shape index (κ1) is 12.9. The van der Waals surface area contributed by atoms with Gasteiger partial charge in [-0.05, 0) is 42.9 Å². The Balaban J connectivity index is 2.42. The highest BCUT2D eigenvalue weighted by Gasteiger charge is 2.38. The van der Waals surface area contributed by atoms with Gasteiger partial charge < -0.3 is 5.73 Å². The van der Waals surface area contributed by atoms with Crippen LogP contribution < -0.4 is 5.73 Å². The van der Waals surface area contributed by atoms with E-state index in [1.54, 1.807) is 0 Å². The zero-order valence-electron chi connectivity index (χ0n) is 10.8. The van der Waals surface area contributed by atoms with Crippen LogP contribution in [0.1, 0.15) is 43.7 Å². The second-order valence-electron chi connectivity index (χ2n) is 5.47. The first-order chi connectivity index (χ1) is 8.10. The number of halogens is 1. The van der Waals surface area contributed by atoms with E-state index in [1.807, 2.05) is 6.07 Å². The van der Waals surface area contributed by atoms with Crippen LogP contribution >= 0.6 is 11.6 Å². The van der Waals surface area contributed by atoms with Crippen LogP contribution in [0.15, 0.2) is 18.2 Å². The van der Waals surface area contributed by atoms with Gasteiger partial charge in [0, 0.05) is 17.0 Å². The van der Waals surface area contributed by atoms with E-state index in [2.05, 4.69) is 26.0 Å². The third-order valence-corrected chi connectivity index (χ3v) is 4.97. The van der Waals surface area contributed by atoms with Crippen molar-refractivity contribution in [1.82, 2.24) is 0 Å². The molecule has 0 spiro atoms. The van der Waals surface area contributed by atoms with Crippen molar-refractivity contribution in [2.45, 2.75) is 44.9 Å². The van der Waals surface area contributed by atoms with Crippen molar-refractivity contribution in [3.8, 4) is 0 Å². The number of rotatable bonds is 2. The Kier molecular flexibility index (Phi) is 3.79. The molecule has 1 fully saturated rings. The molecule has 0 amide bonds. The van der Waals surface area contributed by atoms with E-state index in [4.69, 9.17) is 17.3 Å². The van der Waals surface area contributed by atoms with Gasteiger partial charge in [0.25, 0.3) is 0 Å². The molecule has 1 nitrogen and oxygen atoms in total. The van der Waals surface area contributed by atoms with Gasteiger partial charge in [-0.1, -0.05) is 43.5 Å². The Bertz CT molecular complexity index is 402. The van der Waals surface area contributed by atoms with Crippen molar-refractivity contribution >= 4 is 11.6 Å². The zero-order valence-corrected chi connectivity index (χ0v) is 11.6. The molecular formula is C15H22ClN. The molecule has 1 aliphatic carbocycles. The van der Waals surface area contributed by atoms with Gasteiger partial charge in [0.15, 0.2) is 0 Å². The van der Waals surface area contributed by atoms with Crippen molar-refractivity contribution < 1.29 is 0 Å². The molecule has 2 N–H and O–H groups in total. The fraction of sp³-hybridized carbons (Fsp3) is 0.600. The lowest BCUT2D eigenvalue weighted by molar-refractivity contribution is 0.207. The largest absolute Gasteiger partial charge is 0.330 e. The summed E-state index contributed by atoms with van der Waals surface area (Å²) in [6.07, 6.45) is 5.14. The van der Waals surface area contributed by atoms with Crippen molar-refractivity contribution in [3.05, 3.63) is 34.3 Å². The minimum absolute atomic E-state index is 0.174. The van der Waals surface area contributed by atoms with Crippen LogP contribution in [0, 0.1) is 12.8 Å².